The zero-order valence-corrected chi connectivity index (χ0v) is 21.9. The highest BCUT2D eigenvalue weighted by atomic mass is 32.1. The highest BCUT2D eigenvalue weighted by Crippen LogP contribution is 2.35. The van der Waals surface area contributed by atoms with Crippen molar-refractivity contribution in [3.8, 4) is 5.75 Å². The Labute approximate surface area is 219 Å². The predicted molar refractivity (Wildman–Crippen MR) is 146 cm³/mol. The van der Waals surface area contributed by atoms with Gasteiger partial charge < -0.3 is 20.1 Å². The molecule has 0 bridgehead atoms. The molecule has 0 saturated carbocycles. The predicted octanol–water partition coefficient (Wildman–Crippen LogP) is 6.15. The van der Waals surface area contributed by atoms with Crippen LogP contribution in [0.25, 0.3) is 6.08 Å². The number of anilines is 2. The third-order valence-corrected chi connectivity index (χ3v) is 7.11. The van der Waals surface area contributed by atoms with E-state index in [1.54, 1.807) is 26.0 Å². The lowest BCUT2D eigenvalue weighted by Crippen LogP contribution is -2.18. The SMILES string of the molecule is CCOC(=O)c1c(NC(=O)C=CC2=Cc3ccccc3OC2C)sc(C(=O)Nc2ccccc2C)c1C. The molecule has 0 fully saturated rings. The van der Waals surface area contributed by atoms with Crippen molar-refractivity contribution in [3.63, 3.8) is 0 Å². The fourth-order valence-corrected chi connectivity index (χ4v) is 5.02. The number of benzene rings is 2. The minimum Gasteiger partial charge on any atom is -0.485 e. The van der Waals surface area contributed by atoms with Crippen molar-refractivity contribution in [3.05, 3.63) is 93.4 Å². The van der Waals surface area contributed by atoms with Gasteiger partial charge in [0, 0.05) is 17.3 Å². The van der Waals surface area contributed by atoms with Gasteiger partial charge in [-0.3, -0.25) is 9.59 Å². The molecular weight excluding hydrogens is 488 g/mol. The van der Waals surface area contributed by atoms with Crippen molar-refractivity contribution in [2.75, 3.05) is 17.2 Å². The first-order valence-electron chi connectivity index (χ1n) is 11.9. The highest BCUT2D eigenvalue weighted by Gasteiger charge is 2.27. The molecule has 1 aliphatic rings. The van der Waals surface area contributed by atoms with Crippen LogP contribution in [0.1, 0.15) is 50.6 Å². The number of aryl methyl sites for hydroxylation is 1. The number of carbonyl (C=O) groups is 3. The quantitative estimate of drug-likeness (QED) is 0.290. The summed E-state index contributed by atoms with van der Waals surface area (Å²) in [6.45, 7) is 7.34. The highest BCUT2D eigenvalue weighted by molar-refractivity contribution is 7.19. The van der Waals surface area contributed by atoms with E-state index in [0.717, 1.165) is 33.8 Å². The summed E-state index contributed by atoms with van der Waals surface area (Å²) < 4.78 is 11.1. The zero-order chi connectivity index (χ0) is 26.5. The topological polar surface area (TPSA) is 93.7 Å². The second kappa shape index (κ2) is 11.3. The molecule has 8 heteroatoms. The number of para-hydroxylation sites is 2. The van der Waals surface area contributed by atoms with Crippen LogP contribution in [0.5, 0.6) is 5.75 Å². The lowest BCUT2D eigenvalue weighted by atomic mass is 10.0. The van der Waals surface area contributed by atoms with Gasteiger partial charge in [-0.1, -0.05) is 36.4 Å². The molecule has 2 N–H and O–H groups in total. The maximum absolute atomic E-state index is 13.1. The Balaban J connectivity index is 1.58. The van der Waals surface area contributed by atoms with Crippen molar-refractivity contribution in [1.82, 2.24) is 0 Å². The van der Waals surface area contributed by atoms with Gasteiger partial charge in [-0.15, -0.1) is 11.3 Å². The number of hydrogen-bond donors (Lipinski definition) is 2. The van der Waals surface area contributed by atoms with E-state index >= 15 is 0 Å². The zero-order valence-electron chi connectivity index (χ0n) is 21.1. The van der Waals surface area contributed by atoms with E-state index in [1.807, 2.05) is 62.4 Å². The third kappa shape index (κ3) is 5.81. The fourth-order valence-electron chi connectivity index (χ4n) is 3.93. The summed E-state index contributed by atoms with van der Waals surface area (Å²) in [5.74, 6) is -0.611. The number of hydrogen-bond acceptors (Lipinski definition) is 6. The number of esters is 1. The monoisotopic (exact) mass is 516 g/mol. The van der Waals surface area contributed by atoms with E-state index < -0.39 is 11.9 Å². The van der Waals surface area contributed by atoms with Gasteiger partial charge in [0.05, 0.1) is 17.0 Å². The van der Waals surface area contributed by atoms with Crippen LogP contribution in [0.2, 0.25) is 0 Å². The van der Waals surface area contributed by atoms with Gasteiger partial charge in [0.25, 0.3) is 5.91 Å². The normalized spacial score (nSPS) is 14.4. The summed E-state index contributed by atoms with van der Waals surface area (Å²) in [5.41, 5.74) is 3.97. The first-order chi connectivity index (χ1) is 17.8. The van der Waals surface area contributed by atoms with Gasteiger partial charge >= 0.3 is 5.97 Å². The van der Waals surface area contributed by atoms with Crippen LogP contribution in [-0.2, 0) is 9.53 Å². The molecule has 0 spiro atoms. The summed E-state index contributed by atoms with van der Waals surface area (Å²) in [6.07, 6.45) is 4.82. The number of amides is 2. The summed E-state index contributed by atoms with van der Waals surface area (Å²) in [4.78, 5) is 39.0. The van der Waals surface area contributed by atoms with Crippen molar-refractivity contribution < 1.29 is 23.9 Å². The first kappa shape index (κ1) is 25.9. The number of ether oxygens (including phenoxy) is 2. The number of nitrogens with one attached hydrogen (secondary N) is 2. The Hall–Kier alpha value is -4.17. The average molecular weight is 517 g/mol. The molecule has 2 amide bonds. The molecule has 37 heavy (non-hydrogen) atoms. The molecule has 1 unspecified atom stereocenters. The van der Waals surface area contributed by atoms with Gasteiger partial charge in [0.2, 0.25) is 5.91 Å². The van der Waals surface area contributed by atoms with Gasteiger partial charge in [0.1, 0.15) is 16.9 Å². The maximum atomic E-state index is 13.1. The van der Waals surface area contributed by atoms with E-state index in [4.69, 9.17) is 9.47 Å². The van der Waals surface area contributed by atoms with Gasteiger partial charge in [-0.05, 0) is 68.7 Å². The summed E-state index contributed by atoms with van der Waals surface area (Å²) in [7, 11) is 0. The van der Waals surface area contributed by atoms with Gasteiger partial charge in [0.15, 0.2) is 0 Å². The van der Waals surface area contributed by atoms with Crippen molar-refractivity contribution >= 4 is 45.9 Å². The Morgan fingerprint density at radius 2 is 1.78 bits per heavy atom. The molecule has 4 rings (SSSR count). The molecule has 0 radical (unpaired) electrons. The van der Waals surface area contributed by atoms with E-state index in [2.05, 4.69) is 10.6 Å². The lowest BCUT2D eigenvalue weighted by molar-refractivity contribution is -0.111. The molecule has 1 aromatic heterocycles. The first-order valence-corrected chi connectivity index (χ1v) is 12.7. The van der Waals surface area contributed by atoms with Crippen LogP contribution in [-0.4, -0.2) is 30.5 Å². The minimum atomic E-state index is -0.598. The van der Waals surface area contributed by atoms with E-state index in [-0.39, 0.29) is 29.2 Å². The van der Waals surface area contributed by atoms with Crippen molar-refractivity contribution in [2.45, 2.75) is 33.8 Å². The van der Waals surface area contributed by atoms with E-state index in [9.17, 15) is 14.4 Å². The molecule has 7 nitrogen and oxygen atoms in total. The molecule has 1 aliphatic heterocycles. The Kier molecular flexibility index (Phi) is 7.89. The maximum Gasteiger partial charge on any atom is 0.341 e. The molecule has 0 saturated heterocycles. The van der Waals surface area contributed by atoms with Crippen molar-refractivity contribution in [1.29, 1.82) is 0 Å². The molecule has 2 aromatic carbocycles. The number of fused-ring (bicyclic) bond motifs is 1. The Bertz CT molecular complexity index is 1420. The number of rotatable bonds is 7. The smallest absolute Gasteiger partial charge is 0.341 e. The average Bonchev–Trinajstić information content (AvgIpc) is 3.19. The van der Waals surface area contributed by atoms with E-state index in [0.29, 0.717) is 16.1 Å². The van der Waals surface area contributed by atoms with E-state index in [1.165, 1.54) is 6.08 Å². The number of carbonyl (C=O) groups excluding carboxylic acids is 3. The van der Waals surface area contributed by atoms with Crippen LogP contribution in [0.3, 0.4) is 0 Å². The van der Waals surface area contributed by atoms with Gasteiger partial charge in [-0.2, -0.15) is 0 Å². The largest absolute Gasteiger partial charge is 0.485 e. The third-order valence-electron chi connectivity index (χ3n) is 5.90. The molecule has 2 heterocycles. The molecule has 1 atom stereocenters. The summed E-state index contributed by atoms with van der Waals surface area (Å²) in [5, 5.41) is 5.90. The van der Waals surface area contributed by atoms with Crippen LogP contribution < -0.4 is 15.4 Å². The molecule has 0 aliphatic carbocycles. The minimum absolute atomic E-state index is 0.166. The Morgan fingerprint density at radius 3 is 2.54 bits per heavy atom. The Morgan fingerprint density at radius 1 is 1.05 bits per heavy atom. The summed E-state index contributed by atoms with van der Waals surface area (Å²) in [6, 6.07) is 15.1. The second-order valence-corrected chi connectivity index (χ2v) is 9.54. The lowest BCUT2D eigenvalue weighted by Gasteiger charge is -2.22. The van der Waals surface area contributed by atoms with Crippen LogP contribution in [0, 0.1) is 13.8 Å². The van der Waals surface area contributed by atoms with Crippen LogP contribution >= 0.6 is 11.3 Å². The molecule has 190 valence electrons. The van der Waals surface area contributed by atoms with Crippen LogP contribution in [0.4, 0.5) is 10.7 Å². The van der Waals surface area contributed by atoms with Crippen molar-refractivity contribution in [2.24, 2.45) is 0 Å². The van der Waals surface area contributed by atoms with Gasteiger partial charge in [-0.25, -0.2) is 4.79 Å². The summed E-state index contributed by atoms with van der Waals surface area (Å²) >= 11 is 1.04. The molecule has 3 aromatic rings. The standard InChI is InChI=1S/C29H28N2O5S/c1-5-35-29(34)25-18(3)26(27(33)30-22-12-8-6-10-17(22)2)37-28(25)31-24(32)15-14-20-16-21-11-7-9-13-23(21)36-19(20)4/h6-16,19H,5H2,1-4H3,(H,30,33)(H,31,32). The fraction of sp³-hybridized carbons (Fsp3) is 0.207. The second-order valence-electron chi connectivity index (χ2n) is 8.51. The van der Waals surface area contributed by atoms with Crippen LogP contribution in [0.15, 0.2) is 66.3 Å². The number of thiophene rings is 1. The molecular formula is C29H28N2O5S.